The molecule has 3 rings (SSSR count). The van der Waals surface area contributed by atoms with Gasteiger partial charge in [-0.25, -0.2) is 14.4 Å². The number of methoxy groups -OCH3 is 1. The van der Waals surface area contributed by atoms with Crippen molar-refractivity contribution < 1.29 is 43.6 Å². The van der Waals surface area contributed by atoms with E-state index >= 15 is 0 Å². The van der Waals surface area contributed by atoms with Crippen molar-refractivity contribution in [1.29, 1.82) is 0 Å². The van der Waals surface area contributed by atoms with Gasteiger partial charge < -0.3 is 29.7 Å². The third kappa shape index (κ3) is 9.90. The summed E-state index contributed by atoms with van der Waals surface area (Å²) in [6.07, 6.45) is -1.71. The van der Waals surface area contributed by atoms with Crippen LogP contribution >= 0.6 is 0 Å². The number of aliphatic hydroxyl groups excluding tert-OH is 2. The molecule has 0 radical (unpaired) electrons. The van der Waals surface area contributed by atoms with Gasteiger partial charge >= 0.3 is 18.2 Å². The van der Waals surface area contributed by atoms with Crippen LogP contribution in [-0.4, -0.2) is 77.5 Å². The lowest BCUT2D eigenvalue weighted by Gasteiger charge is -2.21. The molecule has 200 valence electrons. The molecule has 0 spiro atoms. The Morgan fingerprint density at radius 3 is 2.00 bits per heavy atom. The van der Waals surface area contributed by atoms with Gasteiger partial charge in [-0.15, -0.1) is 0 Å². The van der Waals surface area contributed by atoms with Crippen LogP contribution in [0.5, 0.6) is 0 Å². The number of ketones is 1. The number of amides is 2. The monoisotopic (exact) mass is 516 g/mol. The van der Waals surface area contributed by atoms with Crippen LogP contribution in [0, 0.1) is 0 Å². The molecule has 1 fully saturated rings. The number of Topliss-reactive ketones (excluding diaryl/α,β-unsaturated/α-hetero) is 1. The largest absolute Gasteiger partial charge is 0.467 e. The van der Waals surface area contributed by atoms with Crippen molar-refractivity contribution in [3.8, 4) is 0 Å². The van der Waals surface area contributed by atoms with Crippen LogP contribution in [0.25, 0.3) is 0 Å². The molecule has 2 amide bonds. The number of esters is 1. The number of nitrogens with one attached hydrogen (secondary N) is 1. The lowest BCUT2D eigenvalue weighted by molar-refractivity contribution is -0.144. The Morgan fingerprint density at radius 1 is 0.973 bits per heavy atom. The fraction of sp³-hybridized carbons (Fsp3) is 0.385. The summed E-state index contributed by atoms with van der Waals surface area (Å²) < 4.78 is 14.4. The van der Waals surface area contributed by atoms with Crippen molar-refractivity contribution >= 4 is 23.9 Å². The van der Waals surface area contributed by atoms with Crippen molar-refractivity contribution in [3.63, 3.8) is 0 Å². The zero-order valence-corrected chi connectivity index (χ0v) is 20.7. The standard InChI is InChI=1S/C14H17NO4.C12H15NO5/c1-10(16)13-7-12(17)8-15(13)14(18)19-9-11-5-3-2-4-6-11;1-17-11(15)10(7-14)13-12(16)18-8-9-5-3-2-4-6-9/h2-6,12-13,17H,7-9H2,1H3;2-6,10,14H,7-8H2,1H3,(H,13,16)/t12-,13+;10-/m10/s1. The molecule has 0 aliphatic carbocycles. The van der Waals surface area contributed by atoms with Crippen molar-refractivity contribution in [3.05, 3.63) is 71.8 Å². The van der Waals surface area contributed by atoms with E-state index in [1.54, 1.807) is 12.1 Å². The average molecular weight is 517 g/mol. The Kier molecular flexibility index (Phi) is 12.0. The average Bonchev–Trinajstić information content (AvgIpc) is 3.32. The molecule has 3 atom stereocenters. The van der Waals surface area contributed by atoms with E-state index in [4.69, 9.17) is 14.6 Å². The first-order valence-electron chi connectivity index (χ1n) is 11.6. The van der Waals surface area contributed by atoms with E-state index in [0.717, 1.165) is 11.1 Å². The Labute approximate surface area is 214 Å². The zero-order valence-electron chi connectivity index (χ0n) is 20.7. The number of benzene rings is 2. The van der Waals surface area contributed by atoms with Gasteiger partial charge in [0.05, 0.1) is 32.4 Å². The number of hydrogen-bond donors (Lipinski definition) is 3. The van der Waals surface area contributed by atoms with Gasteiger partial charge in [-0.2, -0.15) is 0 Å². The molecule has 1 aliphatic rings. The molecule has 37 heavy (non-hydrogen) atoms. The highest BCUT2D eigenvalue weighted by atomic mass is 16.6. The summed E-state index contributed by atoms with van der Waals surface area (Å²) in [5, 5.41) is 20.6. The fourth-order valence-corrected chi connectivity index (χ4v) is 3.43. The van der Waals surface area contributed by atoms with E-state index in [-0.39, 0.29) is 32.0 Å². The van der Waals surface area contributed by atoms with Crippen LogP contribution in [0.1, 0.15) is 24.5 Å². The van der Waals surface area contributed by atoms with Crippen LogP contribution < -0.4 is 5.32 Å². The molecule has 11 nitrogen and oxygen atoms in total. The highest BCUT2D eigenvalue weighted by molar-refractivity contribution is 5.86. The Bertz CT molecular complexity index is 1020. The normalized spacial score (nSPS) is 17.0. The van der Waals surface area contributed by atoms with Crippen LogP contribution in [0.4, 0.5) is 9.59 Å². The first kappa shape index (κ1) is 29.3. The first-order chi connectivity index (χ1) is 17.7. The number of β-amino-alcohol motifs (C(OH)–C–C–N with tert-alkyl or cyclic N) is 1. The maximum atomic E-state index is 11.9. The molecule has 0 aromatic heterocycles. The molecule has 2 aromatic rings. The van der Waals surface area contributed by atoms with E-state index in [2.05, 4.69) is 10.1 Å². The lowest BCUT2D eigenvalue weighted by atomic mass is 10.1. The third-order valence-corrected chi connectivity index (χ3v) is 5.36. The summed E-state index contributed by atoms with van der Waals surface area (Å²) in [5.41, 5.74) is 1.71. The van der Waals surface area contributed by atoms with E-state index in [0.29, 0.717) is 0 Å². The highest BCUT2D eigenvalue weighted by Crippen LogP contribution is 2.20. The van der Waals surface area contributed by atoms with Gasteiger partial charge in [0.2, 0.25) is 0 Å². The molecule has 0 saturated carbocycles. The molecule has 0 bridgehead atoms. The Morgan fingerprint density at radius 2 is 1.51 bits per heavy atom. The number of hydrogen-bond acceptors (Lipinski definition) is 9. The number of alkyl carbamates (subject to hydrolysis) is 1. The van der Waals surface area contributed by atoms with Gasteiger partial charge in [-0.05, 0) is 18.1 Å². The summed E-state index contributed by atoms with van der Waals surface area (Å²) in [6, 6.07) is 16.7. The smallest absolute Gasteiger partial charge is 0.410 e. The van der Waals surface area contributed by atoms with Crippen molar-refractivity contribution in [1.82, 2.24) is 10.2 Å². The summed E-state index contributed by atoms with van der Waals surface area (Å²) >= 11 is 0. The minimum atomic E-state index is -1.11. The summed E-state index contributed by atoms with van der Waals surface area (Å²) in [4.78, 5) is 47.1. The predicted octanol–water partition coefficient (Wildman–Crippen LogP) is 1.79. The van der Waals surface area contributed by atoms with E-state index in [1.165, 1.54) is 18.9 Å². The van der Waals surface area contributed by atoms with Gasteiger partial charge in [0.1, 0.15) is 13.2 Å². The SMILES string of the molecule is CC(=O)[C@@H]1C[C@@H](O)CN1C(=O)OCc1ccccc1.COC(=O)[C@H](CO)NC(=O)OCc1ccccc1. The fourth-order valence-electron chi connectivity index (χ4n) is 3.43. The minimum Gasteiger partial charge on any atom is -0.467 e. The van der Waals surface area contributed by atoms with Gasteiger partial charge in [-0.3, -0.25) is 9.69 Å². The second kappa shape index (κ2) is 15.2. The van der Waals surface area contributed by atoms with Gasteiger partial charge in [-0.1, -0.05) is 60.7 Å². The van der Waals surface area contributed by atoms with E-state index in [9.17, 15) is 24.3 Å². The first-order valence-corrected chi connectivity index (χ1v) is 11.6. The highest BCUT2D eigenvalue weighted by Gasteiger charge is 2.37. The Hall–Kier alpha value is -3.96. The second-order valence-corrected chi connectivity index (χ2v) is 8.17. The van der Waals surface area contributed by atoms with E-state index in [1.807, 2.05) is 48.5 Å². The second-order valence-electron chi connectivity index (χ2n) is 8.17. The molecule has 2 aromatic carbocycles. The number of ether oxygens (including phenoxy) is 3. The number of carbonyl (C=O) groups excluding carboxylic acids is 4. The number of rotatable bonds is 8. The molecule has 1 heterocycles. The lowest BCUT2D eigenvalue weighted by Crippen LogP contribution is -2.44. The molecule has 11 heteroatoms. The van der Waals surface area contributed by atoms with Crippen molar-refractivity contribution in [2.45, 2.75) is 44.7 Å². The summed E-state index contributed by atoms with van der Waals surface area (Å²) in [5.74, 6) is -0.859. The summed E-state index contributed by atoms with van der Waals surface area (Å²) in [6.45, 7) is 1.27. The van der Waals surface area contributed by atoms with E-state index < -0.39 is 43.0 Å². The molecule has 1 aliphatic heterocycles. The topological polar surface area (TPSA) is 152 Å². The maximum absolute atomic E-state index is 11.9. The van der Waals surface area contributed by atoms with Crippen LogP contribution in [0.15, 0.2) is 60.7 Å². The molecular formula is C26H32N2O9. The minimum absolute atomic E-state index is 0.0893. The van der Waals surface area contributed by atoms with Crippen LogP contribution in [-0.2, 0) is 37.0 Å². The molecule has 1 saturated heterocycles. The van der Waals surface area contributed by atoms with Gasteiger partial charge in [0.25, 0.3) is 0 Å². The summed E-state index contributed by atoms with van der Waals surface area (Å²) in [7, 11) is 1.17. The Balaban J connectivity index is 0.000000261. The predicted molar refractivity (Wildman–Crippen MR) is 131 cm³/mol. The van der Waals surface area contributed by atoms with Crippen LogP contribution in [0.2, 0.25) is 0 Å². The van der Waals surface area contributed by atoms with Gasteiger partial charge in [0.15, 0.2) is 11.8 Å². The van der Waals surface area contributed by atoms with Crippen LogP contribution in [0.3, 0.4) is 0 Å². The molecular weight excluding hydrogens is 484 g/mol. The quantitative estimate of drug-likeness (QED) is 0.352. The molecule has 3 N–H and O–H groups in total. The number of nitrogens with zero attached hydrogens (tertiary/aromatic N) is 1. The number of likely N-dealkylation sites (tertiary alicyclic amines) is 1. The van der Waals surface area contributed by atoms with Crippen molar-refractivity contribution in [2.24, 2.45) is 0 Å². The maximum Gasteiger partial charge on any atom is 0.410 e. The molecule has 0 unspecified atom stereocenters. The zero-order chi connectivity index (χ0) is 27.2. The number of aliphatic hydroxyl groups is 2. The number of carbonyl (C=O) groups is 4. The third-order valence-electron chi connectivity index (χ3n) is 5.36. The van der Waals surface area contributed by atoms with Gasteiger partial charge in [0, 0.05) is 6.42 Å². The van der Waals surface area contributed by atoms with Crippen molar-refractivity contribution in [2.75, 3.05) is 20.3 Å².